The summed E-state index contributed by atoms with van der Waals surface area (Å²) in [6.45, 7) is 2.23. The normalized spacial score (nSPS) is 20.4. The van der Waals surface area contributed by atoms with E-state index in [1.807, 2.05) is 0 Å². The van der Waals surface area contributed by atoms with Gasteiger partial charge in [-0.1, -0.05) is 12.1 Å². The van der Waals surface area contributed by atoms with Crippen molar-refractivity contribution in [1.29, 1.82) is 0 Å². The first-order chi connectivity index (χ1) is 11.7. The Hall–Kier alpha value is -2.49. The SMILES string of the molecule is O=C1CC(c2ccc(N3CCCCC3)cc2)Oc2cc(O)ccc21. The molecule has 124 valence electrons. The van der Waals surface area contributed by atoms with Crippen molar-refractivity contribution in [3.8, 4) is 11.5 Å². The molecule has 1 unspecified atom stereocenters. The molecule has 0 aromatic heterocycles. The van der Waals surface area contributed by atoms with Crippen molar-refractivity contribution in [3.63, 3.8) is 0 Å². The van der Waals surface area contributed by atoms with Crippen molar-refractivity contribution in [2.24, 2.45) is 0 Å². The van der Waals surface area contributed by atoms with Crippen LogP contribution in [0.5, 0.6) is 11.5 Å². The number of ketones is 1. The lowest BCUT2D eigenvalue weighted by molar-refractivity contribution is 0.0849. The number of Topliss-reactive ketones (excluding diaryl/α,β-unsaturated/α-hetero) is 1. The van der Waals surface area contributed by atoms with E-state index >= 15 is 0 Å². The van der Waals surface area contributed by atoms with E-state index in [0.717, 1.165) is 18.7 Å². The molecule has 0 aliphatic carbocycles. The number of piperidine rings is 1. The summed E-state index contributed by atoms with van der Waals surface area (Å²) in [6.07, 6.45) is 3.87. The third kappa shape index (κ3) is 2.84. The van der Waals surface area contributed by atoms with Crippen LogP contribution >= 0.6 is 0 Å². The van der Waals surface area contributed by atoms with Crippen LogP contribution in [0.2, 0.25) is 0 Å². The van der Waals surface area contributed by atoms with Gasteiger partial charge < -0.3 is 14.7 Å². The highest BCUT2D eigenvalue weighted by molar-refractivity contribution is 6.00. The molecule has 2 aromatic rings. The van der Waals surface area contributed by atoms with Gasteiger partial charge in [-0.25, -0.2) is 0 Å². The van der Waals surface area contributed by atoms with Crippen LogP contribution in [-0.2, 0) is 0 Å². The molecule has 1 fully saturated rings. The van der Waals surface area contributed by atoms with Crippen molar-refractivity contribution in [1.82, 2.24) is 0 Å². The Labute approximate surface area is 141 Å². The summed E-state index contributed by atoms with van der Waals surface area (Å²) < 4.78 is 5.96. The van der Waals surface area contributed by atoms with E-state index in [-0.39, 0.29) is 17.6 Å². The zero-order valence-corrected chi connectivity index (χ0v) is 13.6. The fraction of sp³-hybridized carbons (Fsp3) is 0.350. The van der Waals surface area contributed by atoms with Gasteiger partial charge in [-0.3, -0.25) is 4.79 Å². The van der Waals surface area contributed by atoms with Gasteiger partial charge in [0, 0.05) is 24.8 Å². The molecule has 0 bridgehead atoms. The average Bonchev–Trinajstić information content (AvgIpc) is 2.62. The lowest BCUT2D eigenvalue weighted by Crippen LogP contribution is -2.29. The molecule has 4 heteroatoms. The molecule has 2 heterocycles. The third-order valence-corrected chi connectivity index (χ3v) is 4.89. The smallest absolute Gasteiger partial charge is 0.170 e. The highest BCUT2D eigenvalue weighted by Gasteiger charge is 2.28. The molecular weight excluding hydrogens is 302 g/mol. The third-order valence-electron chi connectivity index (χ3n) is 4.89. The standard InChI is InChI=1S/C20H21NO3/c22-16-8-9-17-18(23)13-19(24-20(17)12-16)14-4-6-15(7-5-14)21-10-2-1-3-11-21/h4-9,12,19,22H,1-3,10-11,13H2. The minimum atomic E-state index is -0.290. The Balaban J connectivity index is 1.55. The molecule has 2 aliphatic rings. The second-order valence-electron chi connectivity index (χ2n) is 6.55. The fourth-order valence-corrected chi connectivity index (χ4v) is 3.55. The summed E-state index contributed by atoms with van der Waals surface area (Å²) in [5, 5.41) is 9.62. The number of rotatable bonds is 2. The number of carbonyl (C=O) groups is 1. The largest absolute Gasteiger partial charge is 0.508 e. The van der Waals surface area contributed by atoms with Gasteiger partial charge in [-0.05, 0) is 49.1 Å². The molecule has 2 aromatic carbocycles. The summed E-state index contributed by atoms with van der Waals surface area (Å²) in [5.41, 5.74) is 2.78. The summed E-state index contributed by atoms with van der Waals surface area (Å²) in [6, 6.07) is 13.0. The van der Waals surface area contributed by atoms with Crippen molar-refractivity contribution in [3.05, 3.63) is 53.6 Å². The predicted octanol–water partition coefficient (Wildman–Crippen LogP) is 4.09. The summed E-state index contributed by atoms with van der Waals surface area (Å²) in [7, 11) is 0. The lowest BCUT2D eigenvalue weighted by atomic mass is 9.96. The Bertz CT molecular complexity index is 748. The van der Waals surface area contributed by atoms with Crippen LogP contribution in [0.25, 0.3) is 0 Å². The van der Waals surface area contributed by atoms with Gasteiger partial charge in [0.25, 0.3) is 0 Å². The number of anilines is 1. The van der Waals surface area contributed by atoms with Gasteiger partial charge in [0.15, 0.2) is 5.78 Å². The molecule has 0 spiro atoms. The minimum Gasteiger partial charge on any atom is -0.508 e. The maximum atomic E-state index is 12.3. The Morgan fingerprint density at radius 3 is 2.50 bits per heavy atom. The molecule has 4 rings (SSSR count). The quantitative estimate of drug-likeness (QED) is 0.904. The first kappa shape index (κ1) is 15.1. The Morgan fingerprint density at radius 1 is 1.00 bits per heavy atom. The zero-order chi connectivity index (χ0) is 16.5. The van der Waals surface area contributed by atoms with Gasteiger partial charge in [0.05, 0.1) is 12.0 Å². The van der Waals surface area contributed by atoms with Gasteiger partial charge in [-0.2, -0.15) is 0 Å². The van der Waals surface area contributed by atoms with Crippen molar-refractivity contribution >= 4 is 11.5 Å². The van der Waals surface area contributed by atoms with E-state index in [4.69, 9.17) is 4.74 Å². The number of fused-ring (bicyclic) bond motifs is 1. The molecule has 2 aliphatic heterocycles. The highest BCUT2D eigenvalue weighted by atomic mass is 16.5. The van der Waals surface area contributed by atoms with Gasteiger partial charge in [0.2, 0.25) is 0 Å². The number of aromatic hydroxyl groups is 1. The van der Waals surface area contributed by atoms with Crippen molar-refractivity contribution in [2.45, 2.75) is 31.8 Å². The van der Waals surface area contributed by atoms with E-state index in [9.17, 15) is 9.90 Å². The average molecular weight is 323 g/mol. The van der Waals surface area contributed by atoms with E-state index in [0.29, 0.717) is 17.7 Å². The van der Waals surface area contributed by atoms with Crippen LogP contribution in [-0.4, -0.2) is 24.0 Å². The van der Waals surface area contributed by atoms with Crippen molar-refractivity contribution in [2.75, 3.05) is 18.0 Å². The summed E-state index contributed by atoms with van der Waals surface area (Å²) in [4.78, 5) is 14.7. The molecule has 0 radical (unpaired) electrons. The highest BCUT2D eigenvalue weighted by Crippen LogP contribution is 2.37. The zero-order valence-electron chi connectivity index (χ0n) is 13.6. The topological polar surface area (TPSA) is 49.8 Å². The summed E-state index contributed by atoms with van der Waals surface area (Å²) in [5.74, 6) is 0.639. The Morgan fingerprint density at radius 2 is 1.75 bits per heavy atom. The number of carbonyl (C=O) groups excluding carboxylic acids is 1. The summed E-state index contributed by atoms with van der Waals surface area (Å²) >= 11 is 0. The van der Waals surface area contributed by atoms with Gasteiger partial charge in [0.1, 0.15) is 17.6 Å². The molecule has 0 amide bonds. The number of benzene rings is 2. The predicted molar refractivity (Wildman–Crippen MR) is 92.9 cm³/mol. The van der Waals surface area contributed by atoms with Crippen molar-refractivity contribution < 1.29 is 14.6 Å². The van der Waals surface area contributed by atoms with Gasteiger partial charge >= 0.3 is 0 Å². The molecule has 1 N–H and O–H groups in total. The van der Waals surface area contributed by atoms with Crippen LogP contribution in [0.3, 0.4) is 0 Å². The van der Waals surface area contributed by atoms with Crippen LogP contribution in [0.15, 0.2) is 42.5 Å². The number of phenols is 1. The molecule has 1 saturated heterocycles. The molecule has 0 saturated carbocycles. The van der Waals surface area contributed by atoms with Crippen LogP contribution in [0.1, 0.15) is 47.7 Å². The molecule has 4 nitrogen and oxygen atoms in total. The maximum absolute atomic E-state index is 12.3. The second-order valence-corrected chi connectivity index (χ2v) is 6.55. The minimum absolute atomic E-state index is 0.0568. The molecular formula is C20H21NO3. The number of nitrogens with zero attached hydrogens (tertiary/aromatic N) is 1. The van der Waals surface area contributed by atoms with E-state index in [2.05, 4.69) is 29.2 Å². The van der Waals surface area contributed by atoms with E-state index in [1.165, 1.54) is 37.1 Å². The maximum Gasteiger partial charge on any atom is 0.170 e. The fourth-order valence-electron chi connectivity index (χ4n) is 3.55. The van der Waals surface area contributed by atoms with Crippen LogP contribution in [0, 0.1) is 0 Å². The first-order valence-corrected chi connectivity index (χ1v) is 8.58. The molecule has 1 atom stereocenters. The van der Waals surface area contributed by atoms with E-state index < -0.39 is 0 Å². The monoisotopic (exact) mass is 323 g/mol. The number of ether oxygens (including phenoxy) is 1. The lowest BCUT2D eigenvalue weighted by Gasteiger charge is -2.30. The Kier molecular flexibility index (Phi) is 3.89. The van der Waals surface area contributed by atoms with E-state index in [1.54, 1.807) is 6.07 Å². The number of phenolic OH excluding ortho intramolecular Hbond substituents is 1. The van der Waals surface area contributed by atoms with Crippen LogP contribution in [0.4, 0.5) is 5.69 Å². The number of hydrogen-bond donors (Lipinski definition) is 1. The van der Waals surface area contributed by atoms with Gasteiger partial charge in [-0.15, -0.1) is 0 Å². The molecule has 24 heavy (non-hydrogen) atoms. The first-order valence-electron chi connectivity index (χ1n) is 8.58. The van der Waals surface area contributed by atoms with Crippen LogP contribution < -0.4 is 9.64 Å². The second kappa shape index (κ2) is 6.19. The number of hydrogen-bond acceptors (Lipinski definition) is 4.